The summed E-state index contributed by atoms with van der Waals surface area (Å²) < 4.78 is 0. The highest BCUT2D eigenvalue weighted by atomic mass is 35.5. The van der Waals surface area contributed by atoms with Gasteiger partial charge in [0.1, 0.15) is 0 Å². The fourth-order valence-electron chi connectivity index (χ4n) is 1.94. The molecule has 1 aliphatic heterocycles. The summed E-state index contributed by atoms with van der Waals surface area (Å²) in [5, 5.41) is 6.57. The van der Waals surface area contributed by atoms with Crippen LogP contribution >= 0.6 is 11.6 Å². The number of aromatic nitrogens is 1. The molecule has 1 amide bonds. The monoisotopic (exact) mass is 253 g/mol. The predicted molar refractivity (Wildman–Crippen MR) is 68.1 cm³/mol. The van der Waals surface area contributed by atoms with E-state index in [-0.39, 0.29) is 11.9 Å². The maximum Gasteiger partial charge on any atom is 0.241 e. The molecule has 92 valence electrons. The average molecular weight is 254 g/mol. The Balaban J connectivity index is 1.98. The molecule has 1 atom stereocenters. The van der Waals surface area contributed by atoms with Gasteiger partial charge in [0.25, 0.3) is 0 Å². The van der Waals surface area contributed by atoms with Gasteiger partial charge >= 0.3 is 0 Å². The number of carbonyl (C=O) groups is 1. The van der Waals surface area contributed by atoms with E-state index in [4.69, 9.17) is 11.6 Å². The molecule has 0 aliphatic carbocycles. The van der Waals surface area contributed by atoms with Crippen LogP contribution in [0.1, 0.15) is 25.7 Å². The third kappa shape index (κ3) is 3.41. The van der Waals surface area contributed by atoms with E-state index >= 15 is 0 Å². The molecule has 2 heterocycles. The summed E-state index contributed by atoms with van der Waals surface area (Å²) in [7, 11) is 0. The van der Waals surface area contributed by atoms with Gasteiger partial charge in [-0.3, -0.25) is 9.78 Å². The molecule has 0 saturated carbocycles. The smallest absolute Gasteiger partial charge is 0.241 e. The zero-order valence-electron chi connectivity index (χ0n) is 9.58. The van der Waals surface area contributed by atoms with Crippen LogP contribution in [0, 0.1) is 0 Å². The number of pyridine rings is 1. The van der Waals surface area contributed by atoms with Gasteiger partial charge in [0.2, 0.25) is 5.91 Å². The van der Waals surface area contributed by atoms with Gasteiger partial charge in [0, 0.05) is 6.20 Å². The van der Waals surface area contributed by atoms with Crippen LogP contribution in [0.5, 0.6) is 0 Å². The van der Waals surface area contributed by atoms with E-state index in [1.165, 1.54) is 6.42 Å². The third-order valence-corrected chi connectivity index (χ3v) is 3.23. The Morgan fingerprint density at radius 3 is 3.18 bits per heavy atom. The van der Waals surface area contributed by atoms with Crippen LogP contribution in [0.4, 0.5) is 5.69 Å². The second kappa shape index (κ2) is 5.98. The maximum atomic E-state index is 12.0. The molecule has 0 aromatic carbocycles. The zero-order chi connectivity index (χ0) is 12.1. The Labute approximate surface area is 106 Å². The summed E-state index contributed by atoms with van der Waals surface area (Å²) in [6.45, 7) is 0.902. The molecule has 17 heavy (non-hydrogen) atoms. The summed E-state index contributed by atoms with van der Waals surface area (Å²) in [5.74, 6) is -0.0261. The SMILES string of the molecule is O=C(Nc1cnccc1Cl)C1CCCCCN1. The molecule has 5 heteroatoms. The van der Waals surface area contributed by atoms with E-state index in [1.807, 2.05) is 0 Å². The van der Waals surface area contributed by atoms with Crippen molar-refractivity contribution in [2.45, 2.75) is 31.7 Å². The van der Waals surface area contributed by atoms with E-state index in [0.29, 0.717) is 10.7 Å². The first kappa shape index (κ1) is 12.3. The lowest BCUT2D eigenvalue weighted by Crippen LogP contribution is -2.39. The molecule has 1 aromatic rings. The van der Waals surface area contributed by atoms with Crippen molar-refractivity contribution in [2.75, 3.05) is 11.9 Å². The highest BCUT2D eigenvalue weighted by Crippen LogP contribution is 2.20. The molecular formula is C12H16ClN3O. The van der Waals surface area contributed by atoms with Crippen molar-refractivity contribution < 1.29 is 4.79 Å². The second-order valence-electron chi connectivity index (χ2n) is 4.20. The van der Waals surface area contributed by atoms with Gasteiger partial charge in [-0.2, -0.15) is 0 Å². The number of nitrogens with zero attached hydrogens (tertiary/aromatic N) is 1. The van der Waals surface area contributed by atoms with Gasteiger partial charge in [-0.25, -0.2) is 0 Å². The molecule has 1 aromatic heterocycles. The minimum atomic E-state index is -0.117. The van der Waals surface area contributed by atoms with Crippen molar-refractivity contribution in [2.24, 2.45) is 0 Å². The number of halogens is 1. The normalized spacial score (nSPS) is 20.6. The number of rotatable bonds is 2. The van der Waals surface area contributed by atoms with Gasteiger partial charge in [0.05, 0.1) is 22.9 Å². The van der Waals surface area contributed by atoms with Gasteiger partial charge in [-0.1, -0.05) is 24.4 Å². The number of hydrogen-bond acceptors (Lipinski definition) is 3. The molecule has 0 bridgehead atoms. The summed E-state index contributed by atoms with van der Waals surface area (Å²) in [5.41, 5.74) is 0.574. The molecule has 1 unspecified atom stereocenters. The number of amides is 1. The third-order valence-electron chi connectivity index (χ3n) is 2.90. The Morgan fingerprint density at radius 2 is 2.35 bits per heavy atom. The lowest BCUT2D eigenvalue weighted by molar-refractivity contribution is -0.118. The van der Waals surface area contributed by atoms with Gasteiger partial charge in [0.15, 0.2) is 0 Å². The number of hydrogen-bond donors (Lipinski definition) is 2. The van der Waals surface area contributed by atoms with Crippen LogP contribution in [-0.4, -0.2) is 23.5 Å². The van der Waals surface area contributed by atoms with Crippen molar-refractivity contribution in [3.05, 3.63) is 23.5 Å². The van der Waals surface area contributed by atoms with E-state index in [9.17, 15) is 4.79 Å². The van der Waals surface area contributed by atoms with Crippen molar-refractivity contribution in [1.82, 2.24) is 10.3 Å². The molecule has 0 spiro atoms. The van der Waals surface area contributed by atoms with Gasteiger partial charge in [-0.05, 0) is 25.5 Å². The van der Waals surface area contributed by atoms with Crippen LogP contribution in [0.3, 0.4) is 0 Å². The maximum absolute atomic E-state index is 12.0. The Hall–Kier alpha value is -1.13. The van der Waals surface area contributed by atoms with Gasteiger partial charge < -0.3 is 10.6 Å². The van der Waals surface area contributed by atoms with Crippen LogP contribution in [-0.2, 0) is 4.79 Å². The minimum absolute atomic E-state index is 0.0261. The largest absolute Gasteiger partial charge is 0.322 e. The van der Waals surface area contributed by atoms with Crippen molar-refractivity contribution in [3.8, 4) is 0 Å². The molecule has 1 saturated heterocycles. The van der Waals surface area contributed by atoms with E-state index in [2.05, 4.69) is 15.6 Å². The lowest BCUT2D eigenvalue weighted by atomic mass is 10.1. The zero-order valence-corrected chi connectivity index (χ0v) is 10.3. The quantitative estimate of drug-likeness (QED) is 0.850. The minimum Gasteiger partial charge on any atom is -0.322 e. The van der Waals surface area contributed by atoms with E-state index < -0.39 is 0 Å². The van der Waals surface area contributed by atoms with Crippen LogP contribution in [0.2, 0.25) is 5.02 Å². The lowest BCUT2D eigenvalue weighted by Gasteiger charge is -2.15. The van der Waals surface area contributed by atoms with Gasteiger partial charge in [-0.15, -0.1) is 0 Å². The topological polar surface area (TPSA) is 54.0 Å². The van der Waals surface area contributed by atoms with Crippen molar-refractivity contribution >= 4 is 23.2 Å². The van der Waals surface area contributed by atoms with Crippen LogP contribution in [0.15, 0.2) is 18.5 Å². The first-order valence-electron chi connectivity index (χ1n) is 5.91. The Kier molecular flexibility index (Phi) is 4.34. The standard InChI is InChI=1S/C12H16ClN3O/c13-9-5-7-14-8-11(9)16-12(17)10-4-2-1-3-6-15-10/h5,7-8,10,15H,1-4,6H2,(H,16,17). The first-order valence-corrected chi connectivity index (χ1v) is 6.29. The van der Waals surface area contributed by atoms with Crippen molar-refractivity contribution in [1.29, 1.82) is 0 Å². The molecule has 0 radical (unpaired) electrons. The molecule has 1 fully saturated rings. The fourth-order valence-corrected chi connectivity index (χ4v) is 2.09. The molecule has 2 N–H and O–H groups in total. The second-order valence-corrected chi connectivity index (χ2v) is 4.61. The molecule has 4 nitrogen and oxygen atoms in total. The van der Waals surface area contributed by atoms with E-state index in [0.717, 1.165) is 25.8 Å². The van der Waals surface area contributed by atoms with E-state index in [1.54, 1.807) is 18.5 Å². The average Bonchev–Trinajstić information content (AvgIpc) is 2.61. The van der Waals surface area contributed by atoms with Crippen LogP contribution < -0.4 is 10.6 Å². The molecular weight excluding hydrogens is 238 g/mol. The highest BCUT2D eigenvalue weighted by Gasteiger charge is 2.19. The fraction of sp³-hybridized carbons (Fsp3) is 0.500. The number of carbonyl (C=O) groups excluding carboxylic acids is 1. The van der Waals surface area contributed by atoms with Crippen molar-refractivity contribution in [3.63, 3.8) is 0 Å². The summed E-state index contributed by atoms with van der Waals surface area (Å²) in [4.78, 5) is 16.0. The number of anilines is 1. The Bertz CT molecular complexity index is 389. The predicted octanol–water partition coefficient (Wildman–Crippen LogP) is 2.21. The summed E-state index contributed by atoms with van der Waals surface area (Å²) in [6, 6.07) is 1.55. The highest BCUT2D eigenvalue weighted by molar-refractivity contribution is 6.33. The molecule has 2 rings (SSSR count). The molecule has 1 aliphatic rings. The first-order chi connectivity index (χ1) is 8.27. The summed E-state index contributed by atoms with van der Waals surface area (Å²) in [6.07, 6.45) is 7.45. The number of nitrogens with one attached hydrogen (secondary N) is 2. The van der Waals surface area contributed by atoms with Crippen LogP contribution in [0.25, 0.3) is 0 Å². The Morgan fingerprint density at radius 1 is 1.47 bits per heavy atom. The summed E-state index contributed by atoms with van der Waals surface area (Å²) >= 11 is 5.96.